The van der Waals surface area contributed by atoms with Gasteiger partial charge in [-0.3, -0.25) is 4.90 Å². The molecule has 5 rings (SSSR count). The lowest BCUT2D eigenvalue weighted by Crippen LogP contribution is -2.45. The summed E-state index contributed by atoms with van der Waals surface area (Å²) < 4.78 is 11.1. The Morgan fingerprint density at radius 1 is 0.927 bits per heavy atom. The largest absolute Gasteiger partial charge is 0.633 e. The van der Waals surface area contributed by atoms with Crippen molar-refractivity contribution in [2.24, 2.45) is 5.92 Å². The first-order valence-corrected chi connectivity index (χ1v) is 14.7. The van der Waals surface area contributed by atoms with Crippen molar-refractivity contribution in [2.75, 3.05) is 57.8 Å². The Bertz CT molecular complexity index is 1270. The van der Waals surface area contributed by atoms with E-state index in [9.17, 15) is 0 Å². The summed E-state index contributed by atoms with van der Waals surface area (Å²) in [5, 5.41) is 18.9. The number of anilines is 1. The van der Waals surface area contributed by atoms with Crippen molar-refractivity contribution in [3.05, 3.63) is 58.3 Å². The van der Waals surface area contributed by atoms with Gasteiger partial charge in [-0.2, -0.15) is 0 Å². The van der Waals surface area contributed by atoms with Gasteiger partial charge in [0.05, 0.1) is 18.1 Å². The molecule has 2 fully saturated rings. The van der Waals surface area contributed by atoms with Crippen LogP contribution in [0, 0.1) is 5.92 Å². The Balaban J connectivity index is 1.30. The number of likely N-dealkylation sites (tertiary alicyclic amines) is 1. The van der Waals surface area contributed by atoms with Gasteiger partial charge in [0.2, 0.25) is 11.8 Å². The van der Waals surface area contributed by atoms with Crippen LogP contribution in [0.5, 0.6) is 11.6 Å². The smallest absolute Gasteiger partial charge is 0.436 e. The van der Waals surface area contributed by atoms with Gasteiger partial charge in [-0.15, -0.1) is 0 Å². The number of benzene rings is 1. The summed E-state index contributed by atoms with van der Waals surface area (Å²) in [4.78, 5) is 20.7. The zero-order chi connectivity index (χ0) is 28.8. The predicted octanol–water partition coefficient (Wildman–Crippen LogP) is 3.98. The standard InChI is InChI=1S/C28H35BCl2N6O4/c1-35-7-9-37(10-8-35)28-32-17-25(18-33-28)41-27-13-21(12-26(34-27)22-14-23(30)16-24(31)15-22)19-36-5-2-20(3-6-36)4-11-40-29(38)39/h12-18,20,38-39H,2-11,19H2,1H3. The minimum absolute atomic E-state index is 0.346. The van der Waals surface area contributed by atoms with E-state index in [1.807, 2.05) is 24.3 Å². The first-order valence-electron chi connectivity index (χ1n) is 13.9. The highest BCUT2D eigenvalue weighted by molar-refractivity contribution is 6.35. The molecule has 41 heavy (non-hydrogen) atoms. The highest BCUT2D eigenvalue weighted by atomic mass is 35.5. The molecule has 2 aliphatic heterocycles. The molecule has 3 aromatic rings. The molecule has 13 heteroatoms. The Morgan fingerprint density at radius 2 is 1.61 bits per heavy atom. The lowest BCUT2D eigenvalue weighted by molar-refractivity contribution is 0.136. The molecule has 0 amide bonds. The zero-order valence-corrected chi connectivity index (χ0v) is 24.6. The first kappa shape index (κ1) is 30.0. The number of aromatic nitrogens is 3. The lowest BCUT2D eigenvalue weighted by atomic mass is 9.93. The van der Waals surface area contributed by atoms with Gasteiger partial charge in [-0.25, -0.2) is 15.0 Å². The predicted molar refractivity (Wildman–Crippen MR) is 160 cm³/mol. The van der Waals surface area contributed by atoms with Gasteiger partial charge in [0.15, 0.2) is 5.75 Å². The number of ether oxygens (including phenoxy) is 1. The van der Waals surface area contributed by atoms with E-state index in [-0.39, 0.29) is 0 Å². The Morgan fingerprint density at radius 3 is 2.27 bits per heavy atom. The van der Waals surface area contributed by atoms with Crippen LogP contribution in [0.3, 0.4) is 0 Å². The number of hydrogen-bond acceptors (Lipinski definition) is 10. The van der Waals surface area contributed by atoms with Crippen molar-refractivity contribution in [1.29, 1.82) is 0 Å². The van der Waals surface area contributed by atoms with Crippen LogP contribution in [0.4, 0.5) is 5.95 Å². The van der Waals surface area contributed by atoms with Crippen LogP contribution in [0.25, 0.3) is 11.3 Å². The number of pyridine rings is 1. The second kappa shape index (κ2) is 14.1. The normalized spacial score (nSPS) is 17.1. The summed E-state index contributed by atoms with van der Waals surface area (Å²) >= 11 is 12.6. The molecule has 0 atom stereocenters. The van der Waals surface area contributed by atoms with E-state index in [4.69, 9.17) is 47.6 Å². The second-order valence-corrected chi connectivity index (χ2v) is 11.5. The van der Waals surface area contributed by atoms with Gasteiger partial charge >= 0.3 is 7.32 Å². The van der Waals surface area contributed by atoms with Crippen LogP contribution in [0.15, 0.2) is 42.7 Å². The van der Waals surface area contributed by atoms with Gasteiger partial charge in [-0.05, 0) is 75.1 Å². The molecule has 0 aliphatic carbocycles. The minimum atomic E-state index is -1.71. The third kappa shape index (κ3) is 8.75. The number of hydrogen-bond donors (Lipinski definition) is 2. The Labute approximate surface area is 251 Å². The third-order valence-corrected chi connectivity index (χ3v) is 7.99. The molecule has 0 unspecified atom stereocenters. The van der Waals surface area contributed by atoms with Crippen LogP contribution in [0.2, 0.25) is 10.0 Å². The van der Waals surface area contributed by atoms with Crippen molar-refractivity contribution in [1.82, 2.24) is 24.8 Å². The van der Waals surface area contributed by atoms with Crippen LogP contribution in [0.1, 0.15) is 24.8 Å². The second-order valence-electron chi connectivity index (χ2n) is 10.7. The number of nitrogens with zero attached hydrogens (tertiary/aromatic N) is 6. The molecule has 0 bridgehead atoms. The fraction of sp³-hybridized carbons (Fsp3) is 0.464. The molecule has 2 saturated heterocycles. The number of halogens is 2. The molecule has 2 N–H and O–H groups in total. The highest BCUT2D eigenvalue weighted by Gasteiger charge is 2.21. The van der Waals surface area contributed by atoms with Gasteiger partial charge in [-0.1, -0.05) is 23.2 Å². The molecule has 10 nitrogen and oxygen atoms in total. The molecule has 0 saturated carbocycles. The lowest BCUT2D eigenvalue weighted by Gasteiger charge is -2.32. The van der Waals surface area contributed by atoms with Crippen LogP contribution in [-0.4, -0.2) is 95.0 Å². The Hall–Kier alpha value is -2.51. The average Bonchev–Trinajstić information content (AvgIpc) is 2.94. The molecule has 2 aromatic heterocycles. The number of piperazine rings is 1. The fourth-order valence-corrected chi connectivity index (χ4v) is 5.76. The van der Waals surface area contributed by atoms with E-state index in [0.717, 1.165) is 76.2 Å². The maximum absolute atomic E-state index is 8.90. The summed E-state index contributed by atoms with van der Waals surface area (Å²) in [6, 6.07) is 9.38. The minimum Gasteiger partial charge on any atom is -0.436 e. The van der Waals surface area contributed by atoms with Gasteiger partial charge in [0, 0.05) is 61.0 Å². The molecule has 218 valence electrons. The summed E-state index contributed by atoms with van der Waals surface area (Å²) in [5.41, 5.74) is 2.58. The number of rotatable bonds is 10. The van der Waals surface area contributed by atoms with Gasteiger partial charge in [0.1, 0.15) is 0 Å². The molecular weight excluding hydrogens is 566 g/mol. The summed E-state index contributed by atoms with van der Waals surface area (Å²) in [6.07, 6.45) is 6.23. The third-order valence-electron chi connectivity index (χ3n) is 7.55. The highest BCUT2D eigenvalue weighted by Crippen LogP contribution is 2.31. The van der Waals surface area contributed by atoms with E-state index in [1.54, 1.807) is 18.5 Å². The molecule has 0 spiro atoms. The maximum atomic E-state index is 8.90. The van der Waals surface area contributed by atoms with E-state index in [2.05, 4.69) is 31.7 Å². The van der Waals surface area contributed by atoms with Crippen molar-refractivity contribution >= 4 is 36.5 Å². The van der Waals surface area contributed by atoms with Crippen molar-refractivity contribution in [2.45, 2.75) is 25.8 Å². The van der Waals surface area contributed by atoms with E-state index < -0.39 is 7.32 Å². The number of piperidine rings is 1. The first-order chi connectivity index (χ1) is 19.8. The molecule has 1 aromatic carbocycles. The Kier molecular flexibility index (Phi) is 10.3. The SMILES string of the molecule is CN1CCN(c2ncc(Oc3cc(CN4CCC(CCOB(O)O)CC4)cc(-c4cc(Cl)cc(Cl)c4)n3)cn2)CC1. The fourth-order valence-electron chi connectivity index (χ4n) is 5.24. The zero-order valence-electron chi connectivity index (χ0n) is 23.1. The van der Waals surface area contributed by atoms with Crippen LogP contribution < -0.4 is 9.64 Å². The van der Waals surface area contributed by atoms with Crippen molar-refractivity contribution in [3.63, 3.8) is 0 Å². The molecule has 4 heterocycles. The van der Waals surface area contributed by atoms with E-state index in [0.29, 0.717) is 45.8 Å². The van der Waals surface area contributed by atoms with Gasteiger partial charge < -0.3 is 29.2 Å². The maximum Gasteiger partial charge on any atom is 0.633 e. The monoisotopic (exact) mass is 600 g/mol. The molecule has 0 radical (unpaired) electrons. The van der Waals surface area contributed by atoms with Crippen LogP contribution in [-0.2, 0) is 11.2 Å². The van der Waals surface area contributed by atoms with E-state index in [1.165, 1.54) is 0 Å². The van der Waals surface area contributed by atoms with Gasteiger partial charge in [0.25, 0.3) is 0 Å². The summed E-state index contributed by atoms with van der Waals surface area (Å²) in [5.74, 6) is 2.15. The van der Waals surface area contributed by atoms with Crippen molar-refractivity contribution in [3.8, 4) is 22.9 Å². The molecular formula is C28H35BCl2N6O4. The van der Waals surface area contributed by atoms with Crippen molar-refractivity contribution < 1.29 is 19.4 Å². The topological polar surface area (TPSA) is 107 Å². The average molecular weight is 601 g/mol. The quantitative estimate of drug-likeness (QED) is 0.332. The van der Waals surface area contributed by atoms with Crippen LogP contribution >= 0.6 is 23.2 Å². The molecule has 2 aliphatic rings. The van der Waals surface area contributed by atoms with E-state index >= 15 is 0 Å². The summed E-state index contributed by atoms with van der Waals surface area (Å²) in [6.45, 7) is 6.70. The number of likely N-dealkylation sites (N-methyl/N-ethyl adjacent to an activating group) is 1. The summed E-state index contributed by atoms with van der Waals surface area (Å²) in [7, 11) is 0.413.